The molecule has 0 aliphatic heterocycles. The van der Waals surface area contributed by atoms with E-state index in [9.17, 15) is 4.79 Å². The number of aliphatic carboxylic acids is 1. The highest BCUT2D eigenvalue weighted by molar-refractivity contribution is 5.67. The van der Waals surface area contributed by atoms with Crippen molar-refractivity contribution in [1.29, 1.82) is 0 Å². The third-order valence-electron chi connectivity index (χ3n) is 2.71. The molecule has 2 unspecified atom stereocenters. The minimum Gasteiger partial charge on any atom is -0.481 e. The van der Waals surface area contributed by atoms with Crippen LogP contribution in [0.5, 0.6) is 0 Å². The van der Waals surface area contributed by atoms with Gasteiger partial charge in [-0.2, -0.15) is 0 Å². The molecule has 1 fully saturated rings. The van der Waals surface area contributed by atoms with E-state index < -0.39 is 5.97 Å². The summed E-state index contributed by atoms with van der Waals surface area (Å²) >= 11 is 0. The summed E-state index contributed by atoms with van der Waals surface area (Å²) in [5.74, 6) is -0.732. The van der Waals surface area contributed by atoms with Crippen LogP contribution in [0.3, 0.4) is 0 Å². The lowest BCUT2D eigenvalue weighted by molar-refractivity contribution is -0.139. The number of hydrogen-bond acceptors (Lipinski definition) is 2. The summed E-state index contributed by atoms with van der Waals surface area (Å²) in [7, 11) is 0. The van der Waals surface area contributed by atoms with Gasteiger partial charge in [-0.3, -0.25) is 4.79 Å². The third kappa shape index (κ3) is 1.71. The van der Waals surface area contributed by atoms with Crippen molar-refractivity contribution in [1.82, 2.24) is 0 Å². The number of rotatable bonds is 2. The zero-order valence-corrected chi connectivity index (χ0v) is 6.84. The highest BCUT2D eigenvalue weighted by Gasteiger charge is 2.37. The molecule has 3 N–H and O–H groups in total. The van der Waals surface area contributed by atoms with Gasteiger partial charge in [-0.25, -0.2) is 0 Å². The zero-order chi connectivity index (χ0) is 8.48. The SMILES string of the molecule is CC1(CC(=O)O)CCCC1N. The number of carbonyl (C=O) groups is 1. The highest BCUT2D eigenvalue weighted by Crippen LogP contribution is 2.39. The molecule has 0 spiro atoms. The Labute approximate surface area is 66.6 Å². The predicted molar refractivity (Wildman–Crippen MR) is 42.2 cm³/mol. The average molecular weight is 157 g/mol. The Hall–Kier alpha value is -0.570. The monoisotopic (exact) mass is 157 g/mol. The summed E-state index contributed by atoms with van der Waals surface area (Å²) in [6, 6.07) is 0.0820. The number of carboxylic acid groups (broad SMARTS) is 1. The fourth-order valence-corrected chi connectivity index (χ4v) is 1.82. The molecule has 0 aromatic rings. The van der Waals surface area contributed by atoms with Crippen LogP contribution in [-0.2, 0) is 4.79 Å². The van der Waals surface area contributed by atoms with Crippen molar-refractivity contribution < 1.29 is 9.90 Å². The number of carboxylic acids is 1. The van der Waals surface area contributed by atoms with Gasteiger partial charge in [0.25, 0.3) is 0 Å². The molecule has 0 aromatic heterocycles. The standard InChI is InChI=1S/C8H15NO2/c1-8(5-7(10)11)4-2-3-6(8)9/h6H,2-5,9H2,1H3,(H,10,11). The zero-order valence-electron chi connectivity index (χ0n) is 6.84. The van der Waals surface area contributed by atoms with Crippen LogP contribution >= 0.6 is 0 Å². The Morgan fingerprint density at radius 3 is 2.82 bits per heavy atom. The first kappa shape index (κ1) is 8.53. The molecule has 2 atom stereocenters. The fourth-order valence-electron chi connectivity index (χ4n) is 1.82. The second kappa shape index (κ2) is 2.81. The predicted octanol–water partition coefficient (Wildman–Crippen LogP) is 0.979. The van der Waals surface area contributed by atoms with Crippen molar-refractivity contribution in [2.24, 2.45) is 11.1 Å². The normalized spacial score (nSPS) is 37.5. The summed E-state index contributed by atoms with van der Waals surface area (Å²) in [6.07, 6.45) is 3.23. The Morgan fingerprint density at radius 1 is 1.82 bits per heavy atom. The van der Waals surface area contributed by atoms with Crippen molar-refractivity contribution in [3.63, 3.8) is 0 Å². The van der Waals surface area contributed by atoms with Crippen LogP contribution in [0.25, 0.3) is 0 Å². The summed E-state index contributed by atoms with van der Waals surface area (Å²) < 4.78 is 0. The number of hydrogen-bond donors (Lipinski definition) is 2. The molecule has 11 heavy (non-hydrogen) atoms. The van der Waals surface area contributed by atoms with Crippen LogP contribution in [0.1, 0.15) is 32.6 Å². The molecule has 1 rings (SSSR count). The van der Waals surface area contributed by atoms with E-state index in [4.69, 9.17) is 10.8 Å². The summed E-state index contributed by atoms with van der Waals surface area (Å²) in [4.78, 5) is 10.5. The van der Waals surface area contributed by atoms with Gasteiger partial charge in [-0.1, -0.05) is 13.3 Å². The first-order valence-corrected chi connectivity index (χ1v) is 4.02. The van der Waals surface area contributed by atoms with Gasteiger partial charge in [0.15, 0.2) is 0 Å². The van der Waals surface area contributed by atoms with Gasteiger partial charge in [-0.15, -0.1) is 0 Å². The van der Waals surface area contributed by atoms with Crippen molar-refractivity contribution in [2.75, 3.05) is 0 Å². The first-order chi connectivity index (χ1) is 5.04. The second-order valence-corrected chi connectivity index (χ2v) is 3.72. The van der Waals surface area contributed by atoms with Gasteiger partial charge >= 0.3 is 5.97 Å². The molecule has 64 valence electrons. The van der Waals surface area contributed by atoms with Crippen molar-refractivity contribution in [3.8, 4) is 0 Å². The minimum absolute atomic E-state index is 0.0820. The van der Waals surface area contributed by atoms with Crippen molar-refractivity contribution in [3.05, 3.63) is 0 Å². The van der Waals surface area contributed by atoms with E-state index in [2.05, 4.69) is 0 Å². The van der Waals surface area contributed by atoms with E-state index in [1.165, 1.54) is 0 Å². The van der Waals surface area contributed by atoms with E-state index in [0.29, 0.717) is 0 Å². The second-order valence-electron chi connectivity index (χ2n) is 3.72. The van der Waals surface area contributed by atoms with E-state index in [1.807, 2.05) is 6.92 Å². The molecule has 0 radical (unpaired) electrons. The Morgan fingerprint density at radius 2 is 2.45 bits per heavy atom. The lowest BCUT2D eigenvalue weighted by Crippen LogP contribution is -2.36. The van der Waals surface area contributed by atoms with Crippen LogP contribution in [-0.4, -0.2) is 17.1 Å². The van der Waals surface area contributed by atoms with Gasteiger partial charge in [0, 0.05) is 6.04 Å². The molecule has 1 aliphatic rings. The van der Waals surface area contributed by atoms with Crippen molar-refractivity contribution >= 4 is 5.97 Å². The lowest BCUT2D eigenvalue weighted by Gasteiger charge is -2.26. The Kier molecular flexibility index (Phi) is 2.18. The largest absolute Gasteiger partial charge is 0.481 e. The molecular weight excluding hydrogens is 142 g/mol. The van der Waals surface area contributed by atoms with Gasteiger partial charge in [0.2, 0.25) is 0 Å². The van der Waals surface area contributed by atoms with Crippen LogP contribution in [0.15, 0.2) is 0 Å². The highest BCUT2D eigenvalue weighted by atomic mass is 16.4. The summed E-state index contributed by atoms with van der Waals surface area (Å²) in [5, 5.41) is 8.60. The minimum atomic E-state index is -0.732. The lowest BCUT2D eigenvalue weighted by atomic mass is 9.82. The summed E-state index contributed by atoms with van der Waals surface area (Å²) in [5.41, 5.74) is 5.65. The molecule has 3 nitrogen and oxygen atoms in total. The van der Waals surface area contributed by atoms with Gasteiger partial charge in [0.05, 0.1) is 6.42 Å². The molecule has 0 aromatic carbocycles. The molecule has 0 heterocycles. The van der Waals surface area contributed by atoms with Gasteiger partial charge in [0.1, 0.15) is 0 Å². The maximum Gasteiger partial charge on any atom is 0.303 e. The molecule has 3 heteroatoms. The Bertz CT molecular complexity index is 169. The maximum atomic E-state index is 10.5. The topological polar surface area (TPSA) is 63.3 Å². The molecule has 0 bridgehead atoms. The molecule has 1 aliphatic carbocycles. The van der Waals surface area contributed by atoms with Gasteiger partial charge < -0.3 is 10.8 Å². The van der Waals surface area contributed by atoms with Crippen LogP contribution in [0.2, 0.25) is 0 Å². The molecular formula is C8H15NO2. The van der Waals surface area contributed by atoms with Gasteiger partial charge in [-0.05, 0) is 18.3 Å². The maximum absolute atomic E-state index is 10.5. The molecule has 1 saturated carbocycles. The molecule has 0 saturated heterocycles. The van der Waals surface area contributed by atoms with E-state index in [1.54, 1.807) is 0 Å². The van der Waals surface area contributed by atoms with E-state index in [-0.39, 0.29) is 17.9 Å². The van der Waals surface area contributed by atoms with Crippen LogP contribution < -0.4 is 5.73 Å². The number of nitrogens with two attached hydrogens (primary N) is 1. The fraction of sp³-hybridized carbons (Fsp3) is 0.875. The molecule has 0 amide bonds. The first-order valence-electron chi connectivity index (χ1n) is 4.02. The van der Waals surface area contributed by atoms with Crippen LogP contribution in [0, 0.1) is 5.41 Å². The van der Waals surface area contributed by atoms with Crippen LogP contribution in [0.4, 0.5) is 0 Å². The van der Waals surface area contributed by atoms with Crippen molar-refractivity contribution in [2.45, 2.75) is 38.6 Å². The average Bonchev–Trinajstić information content (AvgIpc) is 2.11. The smallest absolute Gasteiger partial charge is 0.303 e. The quantitative estimate of drug-likeness (QED) is 0.628. The van der Waals surface area contributed by atoms with E-state index in [0.717, 1.165) is 19.3 Å². The summed E-state index contributed by atoms with van der Waals surface area (Å²) in [6.45, 7) is 1.97. The third-order valence-corrected chi connectivity index (χ3v) is 2.71. The van der Waals surface area contributed by atoms with E-state index >= 15 is 0 Å². The Balaban J connectivity index is 2.58.